The summed E-state index contributed by atoms with van der Waals surface area (Å²) >= 11 is 7.73. The van der Waals surface area contributed by atoms with Crippen molar-refractivity contribution in [3.63, 3.8) is 0 Å². The Balaban J connectivity index is 1.91. The van der Waals surface area contributed by atoms with Gasteiger partial charge in [0.05, 0.1) is 23.1 Å². The van der Waals surface area contributed by atoms with Gasteiger partial charge in [-0.1, -0.05) is 11.8 Å². The number of hydrogen-bond donors (Lipinski definition) is 2. The summed E-state index contributed by atoms with van der Waals surface area (Å²) in [7, 11) is 0. The number of nitrogens with one attached hydrogen (secondary N) is 1. The lowest BCUT2D eigenvalue weighted by Crippen LogP contribution is -2.41. The molecule has 0 bridgehead atoms. The first-order valence-electron chi connectivity index (χ1n) is 6.59. The summed E-state index contributed by atoms with van der Waals surface area (Å²) < 4.78 is 6.04. The number of aromatic amines is 1. The molecule has 10 heteroatoms. The molecule has 2 aliphatic heterocycles. The van der Waals surface area contributed by atoms with Crippen LogP contribution in [-0.2, 0) is 9.59 Å². The number of rotatable bonds is 1. The van der Waals surface area contributed by atoms with Crippen LogP contribution in [0.2, 0.25) is 0 Å². The summed E-state index contributed by atoms with van der Waals surface area (Å²) in [6, 6.07) is 2.41. The van der Waals surface area contributed by atoms with Crippen LogP contribution in [0, 0.1) is 9.87 Å². The summed E-state index contributed by atoms with van der Waals surface area (Å²) in [5.41, 5.74) is 5.19. The molecule has 3 unspecified atom stereocenters. The lowest BCUT2D eigenvalue weighted by molar-refractivity contribution is -0.135. The van der Waals surface area contributed by atoms with E-state index in [2.05, 4.69) is 4.98 Å². The van der Waals surface area contributed by atoms with Gasteiger partial charge < -0.3 is 15.1 Å². The number of thioether (sulfide) groups is 1. The van der Waals surface area contributed by atoms with Crippen molar-refractivity contribution >= 4 is 53.2 Å². The van der Waals surface area contributed by atoms with Gasteiger partial charge >= 0.3 is 6.03 Å². The summed E-state index contributed by atoms with van der Waals surface area (Å²) in [6.07, 6.45) is 1.50. The maximum absolute atomic E-state index is 12.6. The Morgan fingerprint density at radius 3 is 2.83 bits per heavy atom. The zero-order chi connectivity index (χ0) is 16.3. The molecule has 0 aromatic carbocycles. The van der Waals surface area contributed by atoms with Gasteiger partial charge in [0.1, 0.15) is 11.0 Å². The van der Waals surface area contributed by atoms with Crippen LogP contribution in [0.5, 0.6) is 0 Å². The monoisotopic (exact) mass is 367 g/mol. The third kappa shape index (κ3) is 2.02. The molecule has 2 aromatic rings. The van der Waals surface area contributed by atoms with Crippen molar-refractivity contribution in [3.8, 4) is 0 Å². The van der Waals surface area contributed by atoms with E-state index in [1.54, 1.807) is 12.1 Å². The second-order valence-corrected chi connectivity index (χ2v) is 7.99. The first-order valence-corrected chi connectivity index (χ1v) is 8.69. The number of hydrogen-bond acceptors (Lipinski definition) is 7. The molecule has 2 aromatic heterocycles. The van der Waals surface area contributed by atoms with E-state index in [0.29, 0.717) is 14.6 Å². The highest BCUT2D eigenvalue weighted by Crippen LogP contribution is 2.53. The Kier molecular flexibility index (Phi) is 3.22. The summed E-state index contributed by atoms with van der Waals surface area (Å²) in [5.74, 6) is -1.83. The number of thiazole rings is 1. The Hall–Kier alpha value is -1.91. The number of H-pyrrole nitrogens is 1. The third-order valence-electron chi connectivity index (χ3n) is 3.89. The Morgan fingerprint density at radius 1 is 1.39 bits per heavy atom. The number of primary amides is 1. The minimum atomic E-state index is -1.05. The van der Waals surface area contributed by atoms with Crippen molar-refractivity contribution in [1.29, 1.82) is 0 Å². The molecule has 23 heavy (non-hydrogen) atoms. The van der Waals surface area contributed by atoms with Gasteiger partial charge in [0.15, 0.2) is 3.95 Å². The Morgan fingerprint density at radius 2 is 2.17 bits per heavy atom. The summed E-state index contributed by atoms with van der Waals surface area (Å²) in [6.45, 7) is 0. The van der Waals surface area contributed by atoms with Crippen LogP contribution >= 0.6 is 35.3 Å². The molecular formula is C13H9N3O4S3. The van der Waals surface area contributed by atoms with Crippen LogP contribution < -0.4 is 5.73 Å². The number of imide groups is 3. The molecule has 2 aliphatic rings. The number of likely N-dealkylation sites (tertiary alicyclic amines) is 1. The molecule has 7 nitrogen and oxygen atoms in total. The first-order chi connectivity index (χ1) is 11.0. The summed E-state index contributed by atoms with van der Waals surface area (Å²) in [5, 5.41) is 0.00738. The minimum Gasteiger partial charge on any atom is -0.469 e. The average molecular weight is 367 g/mol. The number of amides is 4. The SMILES string of the molecule is NC(=O)N1C(=O)C2Sc3[nH]c(=S)sc3C(c3ccco3)C2C1=O. The average Bonchev–Trinajstić information content (AvgIpc) is 3.16. The number of carbonyl (C=O) groups is 3. The van der Waals surface area contributed by atoms with E-state index in [-0.39, 0.29) is 0 Å². The topological polar surface area (TPSA) is 109 Å². The largest absolute Gasteiger partial charge is 0.469 e. The van der Waals surface area contributed by atoms with E-state index in [1.165, 1.54) is 29.4 Å². The molecular weight excluding hydrogens is 358 g/mol. The van der Waals surface area contributed by atoms with Crippen LogP contribution in [0.25, 0.3) is 0 Å². The zero-order valence-corrected chi connectivity index (χ0v) is 13.8. The van der Waals surface area contributed by atoms with Crippen molar-refractivity contribution in [2.24, 2.45) is 11.7 Å². The van der Waals surface area contributed by atoms with Crippen molar-refractivity contribution in [2.45, 2.75) is 16.2 Å². The molecule has 1 fully saturated rings. The predicted octanol–water partition coefficient (Wildman–Crippen LogP) is 2.07. The standard InChI is InChI=1S/C13H9N3O4S3/c14-12(19)16-10(17)6-5(4-2-1-3-20-4)7-9(15-13(21)23-7)22-8(6)11(16)18/h1-3,5-6,8H,(H2,14,19)(H,15,21). The number of furan rings is 1. The molecule has 0 spiro atoms. The molecule has 4 amide bonds. The maximum Gasteiger partial charge on any atom is 0.328 e. The normalized spacial score (nSPS) is 26.3. The van der Waals surface area contributed by atoms with Gasteiger partial charge in [-0.2, -0.15) is 4.90 Å². The van der Waals surface area contributed by atoms with Gasteiger partial charge in [-0.05, 0) is 24.4 Å². The van der Waals surface area contributed by atoms with Crippen LogP contribution in [-0.4, -0.2) is 33.0 Å². The van der Waals surface area contributed by atoms with E-state index >= 15 is 0 Å². The van der Waals surface area contributed by atoms with Gasteiger partial charge in [-0.25, -0.2) is 4.79 Å². The lowest BCUT2D eigenvalue weighted by Gasteiger charge is -2.27. The fourth-order valence-electron chi connectivity index (χ4n) is 3.01. The van der Waals surface area contributed by atoms with Crippen molar-refractivity contribution in [1.82, 2.24) is 9.88 Å². The Bertz CT molecular complexity index is 885. The molecule has 118 valence electrons. The Labute approximate surface area is 142 Å². The molecule has 0 aliphatic carbocycles. The third-order valence-corrected chi connectivity index (χ3v) is 6.65. The van der Waals surface area contributed by atoms with Gasteiger partial charge in [-0.15, -0.1) is 11.3 Å². The van der Waals surface area contributed by atoms with Crippen LogP contribution in [0.15, 0.2) is 27.8 Å². The summed E-state index contributed by atoms with van der Waals surface area (Å²) in [4.78, 5) is 41.0. The zero-order valence-electron chi connectivity index (χ0n) is 11.3. The number of aromatic nitrogens is 1. The highest BCUT2D eigenvalue weighted by molar-refractivity contribution is 8.00. The van der Waals surface area contributed by atoms with Gasteiger partial charge in [0.2, 0.25) is 5.91 Å². The van der Waals surface area contributed by atoms with E-state index in [1.807, 2.05) is 0 Å². The molecule has 0 saturated carbocycles. The minimum absolute atomic E-state index is 0.468. The van der Waals surface area contributed by atoms with Gasteiger partial charge in [-0.3, -0.25) is 9.59 Å². The lowest BCUT2D eigenvalue weighted by atomic mass is 9.87. The predicted molar refractivity (Wildman–Crippen MR) is 84.6 cm³/mol. The number of nitrogens with zero attached hydrogens (tertiary/aromatic N) is 1. The van der Waals surface area contributed by atoms with Crippen molar-refractivity contribution < 1.29 is 18.8 Å². The van der Waals surface area contributed by atoms with Crippen molar-refractivity contribution in [2.75, 3.05) is 0 Å². The number of urea groups is 1. The second-order valence-electron chi connectivity index (χ2n) is 5.12. The fraction of sp³-hybridized carbons (Fsp3) is 0.231. The van der Waals surface area contributed by atoms with Gasteiger partial charge in [0, 0.05) is 4.88 Å². The maximum atomic E-state index is 12.6. The smallest absolute Gasteiger partial charge is 0.328 e. The van der Waals surface area contributed by atoms with E-state index < -0.39 is 34.9 Å². The van der Waals surface area contributed by atoms with Crippen molar-refractivity contribution in [3.05, 3.63) is 33.0 Å². The number of nitrogens with two attached hydrogens (primary N) is 1. The van der Waals surface area contributed by atoms with Crippen LogP contribution in [0.4, 0.5) is 4.79 Å². The van der Waals surface area contributed by atoms with Crippen LogP contribution in [0.3, 0.4) is 0 Å². The van der Waals surface area contributed by atoms with Gasteiger partial charge in [0.25, 0.3) is 5.91 Å². The fourth-order valence-corrected chi connectivity index (χ4v) is 5.95. The molecule has 0 radical (unpaired) electrons. The molecule has 3 N–H and O–H groups in total. The van der Waals surface area contributed by atoms with E-state index in [4.69, 9.17) is 22.4 Å². The van der Waals surface area contributed by atoms with E-state index in [0.717, 1.165) is 9.90 Å². The quantitative estimate of drug-likeness (QED) is 0.590. The number of fused-ring (bicyclic) bond motifs is 2. The highest BCUT2D eigenvalue weighted by Gasteiger charge is 2.58. The first kappa shape index (κ1) is 14.7. The highest BCUT2D eigenvalue weighted by atomic mass is 32.2. The second kappa shape index (κ2) is 5.05. The molecule has 4 rings (SSSR count). The molecule has 3 atom stereocenters. The molecule has 1 saturated heterocycles. The van der Waals surface area contributed by atoms with Crippen LogP contribution in [0.1, 0.15) is 16.6 Å². The number of carbonyl (C=O) groups excluding carboxylic acids is 3. The van der Waals surface area contributed by atoms with E-state index in [9.17, 15) is 14.4 Å². The molecule has 4 heterocycles.